The maximum absolute atomic E-state index is 9.59. The average molecular weight is 254 g/mol. The molecule has 2 rings (SSSR count). The molecule has 0 unspecified atom stereocenters. The maximum Gasteiger partial charge on any atom is 0.211 e. The first-order chi connectivity index (χ1) is 9.07. The SMILES string of the molecule is CCC1=C[C@@H](CC)[C@]2(C#N)C(=N)O[C@@H]1C2(C#N)C#N. The van der Waals surface area contributed by atoms with Crippen molar-refractivity contribution in [2.75, 3.05) is 0 Å². The van der Waals surface area contributed by atoms with Gasteiger partial charge in [0.2, 0.25) is 11.3 Å². The summed E-state index contributed by atoms with van der Waals surface area (Å²) in [6, 6.07) is 6.04. The molecule has 0 aromatic rings. The van der Waals surface area contributed by atoms with Gasteiger partial charge in [-0.15, -0.1) is 0 Å². The van der Waals surface area contributed by atoms with Crippen molar-refractivity contribution in [3.63, 3.8) is 0 Å². The van der Waals surface area contributed by atoms with Crippen molar-refractivity contribution in [2.24, 2.45) is 16.7 Å². The lowest BCUT2D eigenvalue weighted by molar-refractivity contribution is 0.147. The third-order valence-corrected chi connectivity index (χ3v) is 4.29. The molecule has 2 bridgehead atoms. The molecular weight excluding hydrogens is 240 g/mol. The minimum atomic E-state index is -1.61. The Kier molecular flexibility index (Phi) is 2.84. The van der Waals surface area contributed by atoms with Crippen LogP contribution in [0.2, 0.25) is 0 Å². The Bertz CT molecular complexity index is 572. The summed E-state index contributed by atoms with van der Waals surface area (Å²) in [6.07, 6.45) is 2.35. The topological polar surface area (TPSA) is 104 Å². The molecule has 1 N–H and O–H groups in total. The van der Waals surface area contributed by atoms with Crippen molar-refractivity contribution in [1.82, 2.24) is 0 Å². The summed E-state index contributed by atoms with van der Waals surface area (Å²) >= 11 is 0. The van der Waals surface area contributed by atoms with Gasteiger partial charge in [0.15, 0.2) is 11.5 Å². The molecule has 0 aromatic carbocycles. The normalized spacial score (nSPS) is 34.5. The van der Waals surface area contributed by atoms with E-state index in [1.165, 1.54) is 0 Å². The molecule has 0 saturated carbocycles. The second-order valence-electron chi connectivity index (χ2n) is 4.89. The van der Waals surface area contributed by atoms with E-state index in [0.29, 0.717) is 12.8 Å². The van der Waals surface area contributed by atoms with Crippen LogP contribution in [0.25, 0.3) is 0 Å². The molecule has 2 aliphatic rings. The van der Waals surface area contributed by atoms with E-state index in [-0.39, 0.29) is 11.8 Å². The van der Waals surface area contributed by atoms with Crippen molar-refractivity contribution in [2.45, 2.75) is 32.8 Å². The van der Waals surface area contributed by atoms with Gasteiger partial charge in [-0.2, -0.15) is 15.8 Å². The Morgan fingerprint density at radius 1 is 1.26 bits per heavy atom. The third-order valence-electron chi connectivity index (χ3n) is 4.29. The Morgan fingerprint density at radius 3 is 2.32 bits per heavy atom. The zero-order valence-corrected chi connectivity index (χ0v) is 10.9. The van der Waals surface area contributed by atoms with Crippen LogP contribution in [-0.2, 0) is 4.74 Å². The van der Waals surface area contributed by atoms with Crippen LogP contribution in [0.4, 0.5) is 0 Å². The van der Waals surface area contributed by atoms with Gasteiger partial charge in [-0.25, -0.2) is 0 Å². The third kappa shape index (κ3) is 1.19. The summed E-state index contributed by atoms with van der Waals surface area (Å²) in [6.45, 7) is 3.81. The summed E-state index contributed by atoms with van der Waals surface area (Å²) in [5.74, 6) is -0.576. The first-order valence-corrected chi connectivity index (χ1v) is 6.27. The Labute approximate surface area is 112 Å². The summed E-state index contributed by atoms with van der Waals surface area (Å²) < 4.78 is 5.46. The highest BCUT2D eigenvalue weighted by atomic mass is 16.5. The highest BCUT2D eigenvalue weighted by molar-refractivity contribution is 5.90. The van der Waals surface area contributed by atoms with Gasteiger partial charge in [0.1, 0.15) is 0 Å². The average Bonchev–Trinajstić information content (AvgIpc) is 2.62. The van der Waals surface area contributed by atoms with Crippen molar-refractivity contribution in [1.29, 1.82) is 21.2 Å². The number of ether oxygens (including phenoxy) is 1. The molecule has 5 nitrogen and oxygen atoms in total. The van der Waals surface area contributed by atoms with Gasteiger partial charge in [-0.3, -0.25) is 5.41 Å². The van der Waals surface area contributed by atoms with Crippen LogP contribution in [0.5, 0.6) is 0 Å². The lowest BCUT2D eigenvalue weighted by Gasteiger charge is -2.38. The molecule has 3 atom stereocenters. The summed E-state index contributed by atoms with van der Waals surface area (Å²) in [7, 11) is 0. The van der Waals surface area contributed by atoms with E-state index in [1.54, 1.807) is 0 Å². The second kappa shape index (κ2) is 4.11. The van der Waals surface area contributed by atoms with Crippen LogP contribution < -0.4 is 0 Å². The largest absolute Gasteiger partial charge is 0.469 e. The van der Waals surface area contributed by atoms with Crippen molar-refractivity contribution in [3.05, 3.63) is 11.6 Å². The molecular formula is C14H14N4O. The van der Waals surface area contributed by atoms with Crippen LogP contribution in [0.1, 0.15) is 26.7 Å². The van der Waals surface area contributed by atoms with Crippen LogP contribution in [-0.4, -0.2) is 12.0 Å². The predicted octanol–water partition coefficient (Wildman–Crippen LogP) is 2.28. The lowest BCUT2D eigenvalue weighted by atomic mass is 9.53. The number of allylic oxidation sites excluding steroid dienone is 1. The van der Waals surface area contributed by atoms with E-state index in [4.69, 9.17) is 10.1 Å². The highest BCUT2D eigenvalue weighted by Crippen LogP contribution is 2.60. The van der Waals surface area contributed by atoms with E-state index < -0.39 is 16.9 Å². The number of nitrogens with zero attached hydrogens (tertiary/aromatic N) is 3. The Balaban J connectivity index is 2.82. The number of fused-ring (bicyclic) bond motifs is 2. The number of nitrogens with one attached hydrogen (secondary N) is 1. The molecule has 0 aromatic heterocycles. The van der Waals surface area contributed by atoms with Gasteiger partial charge < -0.3 is 4.74 Å². The molecule has 0 radical (unpaired) electrons. The zero-order valence-electron chi connectivity index (χ0n) is 10.9. The second-order valence-corrected chi connectivity index (χ2v) is 4.89. The van der Waals surface area contributed by atoms with Crippen LogP contribution in [0.15, 0.2) is 11.6 Å². The van der Waals surface area contributed by atoms with Gasteiger partial charge >= 0.3 is 0 Å². The molecule has 1 heterocycles. The monoisotopic (exact) mass is 254 g/mol. The van der Waals surface area contributed by atoms with Crippen LogP contribution in [0.3, 0.4) is 0 Å². The van der Waals surface area contributed by atoms with E-state index in [9.17, 15) is 15.8 Å². The maximum atomic E-state index is 9.59. The molecule has 0 spiro atoms. The fourth-order valence-electron chi connectivity index (χ4n) is 3.24. The van der Waals surface area contributed by atoms with Crippen molar-refractivity contribution >= 4 is 5.90 Å². The minimum Gasteiger partial charge on any atom is -0.469 e. The first kappa shape index (κ1) is 13.1. The summed E-state index contributed by atoms with van der Waals surface area (Å²) in [5, 5.41) is 36.7. The number of hydrogen-bond acceptors (Lipinski definition) is 5. The summed E-state index contributed by atoms with van der Waals surface area (Å²) in [4.78, 5) is 0. The van der Waals surface area contributed by atoms with Crippen molar-refractivity contribution < 1.29 is 4.74 Å². The molecule has 1 aliphatic carbocycles. The Hall–Kier alpha value is -2.32. The quantitative estimate of drug-likeness (QED) is 0.763. The van der Waals surface area contributed by atoms with E-state index in [2.05, 4.69) is 6.07 Å². The predicted molar refractivity (Wildman–Crippen MR) is 66.5 cm³/mol. The molecule has 19 heavy (non-hydrogen) atoms. The number of rotatable bonds is 2. The molecule has 5 heteroatoms. The molecule has 0 amide bonds. The van der Waals surface area contributed by atoms with Gasteiger partial charge in [0.25, 0.3) is 0 Å². The number of hydrogen-bond donors (Lipinski definition) is 1. The first-order valence-electron chi connectivity index (χ1n) is 6.27. The van der Waals surface area contributed by atoms with E-state index in [0.717, 1.165) is 5.57 Å². The molecule has 96 valence electrons. The molecule has 1 fully saturated rings. The number of nitriles is 3. The van der Waals surface area contributed by atoms with Crippen LogP contribution in [0, 0.1) is 56.2 Å². The molecule has 1 saturated heterocycles. The van der Waals surface area contributed by atoms with Crippen LogP contribution >= 0.6 is 0 Å². The van der Waals surface area contributed by atoms with Crippen molar-refractivity contribution in [3.8, 4) is 18.2 Å². The molecule has 1 aliphatic heterocycles. The minimum absolute atomic E-state index is 0.241. The van der Waals surface area contributed by atoms with E-state index in [1.807, 2.05) is 32.1 Å². The lowest BCUT2D eigenvalue weighted by Crippen LogP contribution is -2.51. The zero-order chi connectivity index (χ0) is 14.3. The summed E-state index contributed by atoms with van der Waals surface area (Å²) in [5.41, 5.74) is -2.25. The Morgan fingerprint density at radius 2 is 1.89 bits per heavy atom. The van der Waals surface area contributed by atoms with E-state index >= 15 is 0 Å². The highest BCUT2D eigenvalue weighted by Gasteiger charge is 2.73. The fraction of sp³-hybridized carbons (Fsp3) is 0.571. The standard InChI is InChI=1S/C14H14N4O/c1-3-9-5-10(4-2)14(8-17)12(18)19-11(9)13(14,6-15)7-16/h5,10-11,18H,3-4H2,1-2H3/t10-,11+,14-/m1/s1. The van der Waals surface area contributed by atoms with Gasteiger partial charge in [-0.1, -0.05) is 19.9 Å². The fourth-order valence-corrected chi connectivity index (χ4v) is 3.24. The van der Waals surface area contributed by atoms with Gasteiger partial charge in [0, 0.05) is 5.92 Å². The van der Waals surface area contributed by atoms with Gasteiger partial charge in [-0.05, 0) is 18.4 Å². The smallest absolute Gasteiger partial charge is 0.211 e. The van der Waals surface area contributed by atoms with Gasteiger partial charge in [0.05, 0.1) is 18.2 Å².